The van der Waals surface area contributed by atoms with Crippen LogP contribution in [-0.2, 0) is 19.1 Å². The number of ketones is 2. The van der Waals surface area contributed by atoms with Crippen LogP contribution >= 0.6 is 0 Å². The van der Waals surface area contributed by atoms with Crippen LogP contribution in [-0.4, -0.2) is 35.4 Å². The summed E-state index contributed by atoms with van der Waals surface area (Å²) in [6.45, 7) is 4.64. The molecule has 0 spiro atoms. The molecule has 7 nitrogen and oxygen atoms in total. The summed E-state index contributed by atoms with van der Waals surface area (Å²) in [4.78, 5) is 38.6. The van der Waals surface area contributed by atoms with Gasteiger partial charge in [0.25, 0.3) is 0 Å². The fourth-order valence-electron chi connectivity index (χ4n) is 3.16. The molecular formula is C22H20O7. The number of phenolic OH excluding ortho intramolecular Hbond substituents is 1. The second-order valence-electron chi connectivity index (χ2n) is 6.75. The summed E-state index contributed by atoms with van der Waals surface area (Å²) in [5.74, 6) is -1.79. The molecule has 1 aromatic carbocycles. The topological polar surface area (TPSA) is 99.1 Å². The number of aryl methyl sites for hydroxylation is 1. The number of carbonyl (C=O) groups excluding carboxylic acids is 3. The van der Waals surface area contributed by atoms with Crippen LogP contribution in [0.3, 0.4) is 0 Å². The SMILES string of the molecule is C/C=C/C1=CC2=CC(=O)C(C)(OC(=O)c3c(C)cc(O)cc3OC)C(=O)C2=CO1. The number of esters is 1. The first-order valence-electron chi connectivity index (χ1n) is 8.84. The lowest BCUT2D eigenvalue weighted by Crippen LogP contribution is -2.50. The van der Waals surface area contributed by atoms with Gasteiger partial charge in [-0.2, -0.15) is 0 Å². The van der Waals surface area contributed by atoms with E-state index >= 15 is 0 Å². The molecule has 2 aliphatic rings. The van der Waals surface area contributed by atoms with Crippen LogP contribution in [0.4, 0.5) is 0 Å². The highest BCUT2D eigenvalue weighted by molar-refractivity contribution is 6.26. The van der Waals surface area contributed by atoms with E-state index in [-0.39, 0.29) is 22.6 Å². The number of aromatic hydroxyl groups is 1. The lowest BCUT2D eigenvalue weighted by atomic mass is 9.80. The van der Waals surface area contributed by atoms with Gasteiger partial charge in [0.1, 0.15) is 29.1 Å². The zero-order valence-corrected chi connectivity index (χ0v) is 16.4. The predicted molar refractivity (Wildman–Crippen MR) is 103 cm³/mol. The number of carbonyl (C=O) groups is 3. The first-order chi connectivity index (χ1) is 13.7. The van der Waals surface area contributed by atoms with Gasteiger partial charge in [-0.15, -0.1) is 0 Å². The quantitative estimate of drug-likeness (QED) is 0.617. The maximum absolute atomic E-state index is 13.0. The van der Waals surface area contributed by atoms with Crippen LogP contribution in [0.25, 0.3) is 0 Å². The minimum absolute atomic E-state index is 0.0195. The Morgan fingerprint density at radius 2 is 1.97 bits per heavy atom. The van der Waals surface area contributed by atoms with Crippen molar-refractivity contribution in [1.29, 1.82) is 0 Å². The highest BCUT2D eigenvalue weighted by Crippen LogP contribution is 2.35. The van der Waals surface area contributed by atoms with E-state index in [4.69, 9.17) is 14.2 Å². The monoisotopic (exact) mass is 396 g/mol. The lowest BCUT2D eigenvalue weighted by molar-refractivity contribution is -0.145. The Kier molecular flexibility index (Phi) is 5.16. The second kappa shape index (κ2) is 7.43. The number of fused-ring (bicyclic) bond motifs is 1. The van der Waals surface area contributed by atoms with Gasteiger partial charge in [0, 0.05) is 6.07 Å². The van der Waals surface area contributed by atoms with Crippen molar-refractivity contribution in [2.45, 2.75) is 26.4 Å². The van der Waals surface area contributed by atoms with E-state index < -0.39 is 23.1 Å². The molecule has 1 atom stereocenters. The van der Waals surface area contributed by atoms with E-state index in [1.54, 1.807) is 25.2 Å². The van der Waals surface area contributed by atoms with Gasteiger partial charge in [-0.1, -0.05) is 6.08 Å². The van der Waals surface area contributed by atoms with Crippen LogP contribution in [0.2, 0.25) is 0 Å². The van der Waals surface area contributed by atoms with Crippen molar-refractivity contribution in [2.75, 3.05) is 7.11 Å². The molecule has 0 bridgehead atoms. The van der Waals surface area contributed by atoms with Crippen molar-refractivity contribution >= 4 is 17.5 Å². The maximum Gasteiger partial charge on any atom is 0.343 e. The highest BCUT2D eigenvalue weighted by atomic mass is 16.6. The van der Waals surface area contributed by atoms with E-state index in [1.165, 1.54) is 38.5 Å². The number of phenols is 1. The predicted octanol–water partition coefficient (Wildman–Crippen LogP) is 3.08. The number of rotatable bonds is 4. The van der Waals surface area contributed by atoms with E-state index in [0.717, 1.165) is 0 Å². The average Bonchev–Trinajstić information content (AvgIpc) is 2.66. The van der Waals surface area contributed by atoms with Crippen molar-refractivity contribution in [3.05, 3.63) is 70.7 Å². The fraction of sp³-hybridized carbons (Fsp3) is 0.227. The summed E-state index contributed by atoms with van der Waals surface area (Å²) in [7, 11) is 1.33. The third-order valence-electron chi connectivity index (χ3n) is 4.69. The zero-order valence-electron chi connectivity index (χ0n) is 16.4. The molecule has 150 valence electrons. The summed E-state index contributed by atoms with van der Waals surface area (Å²) in [5, 5.41) is 9.70. The van der Waals surface area contributed by atoms with E-state index in [9.17, 15) is 19.5 Å². The third kappa shape index (κ3) is 3.47. The molecule has 0 aromatic heterocycles. The molecular weight excluding hydrogens is 376 g/mol. The van der Waals surface area contributed by atoms with Gasteiger partial charge in [0.2, 0.25) is 17.2 Å². The Labute approximate surface area is 167 Å². The highest BCUT2D eigenvalue weighted by Gasteiger charge is 2.49. The molecule has 0 amide bonds. The smallest absolute Gasteiger partial charge is 0.343 e. The second-order valence-corrected chi connectivity index (χ2v) is 6.75. The molecule has 1 unspecified atom stereocenters. The number of hydrogen-bond donors (Lipinski definition) is 1. The number of hydrogen-bond acceptors (Lipinski definition) is 7. The summed E-state index contributed by atoms with van der Waals surface area (Å²) in [5.41, 5.74) is -1.11. The Bertz CT molecular complexity index is 1040. The van der Waals surface area contributed by atoms with Gasteiger partial charge in [-0.3, -0.25) is 9.59 Å². The minimum Gasteiger partial charge on any atom is -0.508 e. The van der Waals surface area contributed by atoms with Gasteiger partial charge >= 0.3 is 5.97 Å². The Morgan fingerprint density at radius 3 is 2.62 bits per heavy atom. The van der Waals surface area contributed by atoms with Gasteiger partial charge < -0.3 is 19.3 Å². The number of allylic oxidation sites excluding steroid dienone is 4. The molecule has 1 N–H and O–H groups in total. The summed E-state index contributed by atoms with van der Waals surface area (Å²) in [6.07, 6.45) is 7.52. The molecule has 0 radical (unpaired) electrons. The normalized spacial score (nSPS) is 21.0. The first kappa shape index (κ1) is 20.1. The minimum atomic E-state index is -2.04. The molecule has 1 aromatic rings. The number of benzene rings is 1. The van der Waals surface area contributed by atoms with Crippen LogP contribution in [0.15, 0.2) is 59.6 Å². The molecule has 7 heteroatoms. The number of methoxy groups -OCH3 is 1. The molecule has 1 aliphatic carbocycles. The summed E-state index contributed by atoms with van der Waals surface area (Å²) >= 11 is 0. The molecule has 29 heavy (non-hydrogen) atoms. The largest absolute Gasteiger partial charge is 0.508 e. The van der Waals surface area contributed by atoms with Crippen molar-refractivity contribution in [3.63, 3.8) is 0 Å². The average molecular weight is 396 g/mol. The Morgan fingerprint density at radius 1 is 1.24 bits per heavy atom. The third-order valence-corrected chi connectivity index (χ3v) is 4.69. The van der Waals surface area contributed by atoms with Crippen molar-refractivity contribution < 1.29 is 33.7 Å². The first-order valence-corrected chi connectivity index (χ1v) is 8.84. The van der Waals surface area contributed by atoms with E-state index in [1.807, 2.05) is 6.92 Å². The lowest BCUT2D eigenvalue weighted by Gasteiger charge is -2.31. The fourth-order valence-corrected chi connectivity index (χ4v) is 3.16. The Balaban J connectivity index is 1.98. The van der Waals surface area contributed by atoms with Crippen LogP contribution in [0, 0.1) is 6.92 Å². The molecule has 3 rings (SSSR count). The molecule has 1 aliphatic heterocycles. The zero-order chi connectivity index (χ0) is 21.3. The van der Waals surface area contributed by atoms with Gasteiger partial charge in [-0.05, 0) is 56.2 Å². The maximum atomic E-state index is 13.0. The standard InChI is InChI=1S/C22H20O7/c1-5-6-15-8-13-9-18(24)22(3,20(25)16(13)11-28-15)29-21(26)19-12(2)7-14(23)10-17(19)27-4/h5-11,23H,1-4H3/b6-5+. The molecule has 1 heterocycles. The number of Topliss-reactive ketones (excluding diaryl/α,β-unsaturated/α-hetero) is 1. The van der Waals surface area contributed by atoms with Gasteiger partial charge in [0.05, 0.1) is 12.7 Å². The van der Waals surface area contributed by atoms with Crippen LogP contribution in [0.1, 0.15) is 29.8 Å². The molecule has 0 fully saturated rings. The Hall–Kier alpha value is -3.61. The summed E-state index contributed by atoms with van der Waals surface area (Å²) in [6, 6.07) is 2.61. The van der Waals surface area contributed by atoms with E-state index in [2.05, 4.69) is 0 Å². The van der Waals surface area contributed by atoms with Crippen molar-refractivity contribution in [2.24, 2.45) is 0 Å². The number of ether oxygens (including phenoxy) is 3. The van der Waals surface area contributed by atoms with Crippen LogP contribution < -0.4 is 4.74 Å². The van der Waals surface area contributed by atoms with Gasteiger partial charge in [-0.25, -0.2) is 4.79 Å². The van der Waals surface area contributed by atoms with Crippen molar-refractivity contribution in [3.8, 4) is 11.5 Å². The molecule has 0 saturated carbocycles. The van der Waals surface area contributed by atoms with Crippen LogP contribution in [0.5, 0.6) is 11.5 Å². The van der Waals surface area contributed by atoms with Crippen molar-refractivity contribution in [1.82, 2.24) is 0 Å². The summed E-state index contributed by atoms with van der Waals surface area (Å²) < 4.78 is 15.9. The van der Waals surface area contributed by atoms with Gasteiger partial charge in [0.15, 0.2) is 0 Å². The van der Waals surface area contributed by atoms with E-state index in [0.29, 0.717) is 16.9 Å². The molecule has 0 saturated heterocycles.